The van der Waals surface area contributed by atoms with Gasteiger partial charge in [-0.2, -0.15) is 13.2 Å². The van der Waals surface area contributed by atoms with Crippen LogP contribution in [0.4, 0.5) is 13.2 Å². The van der Waals surface area contributed by atoms with Gasteiger partial charge in [0.15, 0.2) is 0 Å². The summed E-state index contributed by atoms with van der Waals surface area (Å²) >= 11 is 0.0229. The first-order chi connectivity index (χ1) is 6.79. The molecule has 0 saturated carbocycles. The van der Waals surface area contributed by atoms with Gasteiger partial charge in [-0.25, -0.2) is 0 Å². The van der Waals surface area contributed by atoms with Crippen molar-refractivity contribution in [1.82, 2.24) is 4.90 Å². The number of alkyl halides is 3. The zero-order valence-electron chi connectivity index (χ0n) is 8.68. The summed E-state index contributed by atoms with van der Waals surface area (Å²) in [5, 5.41) is 9.64. The molecule has 1 N–H and O–H groups in total. The zero-order valence-corrected chi connectivity index (χ0v) is 9.50. The van der Waals surface area contributed by atoms with Crippen molar-refractivity contribution in [2.45, 2.75) is 30.9 Å². The molecule has 1 aliphatic rings. The molecule has 0 aromatic heterocycles. The molecule has 0 amide bonds. The molecule has 1 aliphatic heterocycles. The smallest absolute Gasteiger partial charge is 0.390 e. The number of hydrogen-bond donors (Lipinski definition) is 1. The Bertz CT molecular complexity index is 198. The molecule has 0 aromatic rings. The van der Waals surface area contributed by atoms with Gasteiger partial charge in [0.1, 0.15) is 0 Å². The van der Waals surface area contributed by atoms with E-state index < -0.39 is 11.1 Å². The molecule has 0 aliphatic carbocycles. The normalized spacial score (nSPS) is 23.0. The first kappa shape index (κ1) is 13.1. The minimum atomic E-state index is -4.12. The van der Waals surface area contributed by atoms with E-state index in [-0.39, 0.29) is 17.5 Å². The van der Waals surface area contributed by atoms with Gasteiger partial charge in [0.2, 0.25) is 0 Å². The lowest BCUT2D eigenvalue weighted by molar-refractivity contribution is -0.0333. The third-order valence-corrected chi connectivity index (χ3v) is 3.32. The van der Waals surface area contributed by atoms with Gasteiger partial charge in [0, 0.05) is 25.4 Å². The Labute approximate surface area is 91.8 Å². The summed E-state index contributed by atoms with van der Waals surface area (Å²) in [6.07, 6.45) is 1.29. The highest BCUT2D eigenvalue weighted by Crippen LogP contribution is 2.30. The molecule has 15 heavy (non-hydrogen) atoms. The molecule has 1 saturated heterocycles. The predicted molar refractivity (Wildman–Crippen MR) is 54.8 cm³/mol. The van der Waals surface area contributed by atoms with E-state index in [0.717, 1.165) is 0 Å². The van der Waals surface area contributed by atoms with Crippen molar-refractivity contribution in [2.24, 2.45) is 0 Å². The van der Waals surface area contributed by atoms with Crippen LogP contribution in [0.25, 0.3) is 0 Å². The fourth-order valence-corrected chi connectivity index (χ4v) is 2.13. The Balaban J connectivity index is 2.14. The summed E-state index contributed by atoms with van der Waals surface area (Å²) in [7, 11) is 0. The monoisotopic (exact) mass is 243 g/mol. The number of rotatable bonds is 3. The number of halogens is 3. The highest BCUT2D eigenvalue weighted by Gasteiger charge is 2.30. The molecule has 0 radical (unpaired) electrons. The summed E-state index contributed by atoms with van der Waals surface area (Å²) in [5.74, 6) is 0.0750. The van der Waals surface area contributed by atoms with Gasteiger partial charge < -0.3 is 10.0 Å². The molecule has 2 nitrogen and oxygen atoms in total. The van der Waals surface area contributed by atoms with E-state index in [1.807, 2.05) is 4.90 Å². The summed E-state index contributed by atoms with van der Waals surface area (Å²) in [4.78, 5) is 1.97. The first-order valence-electron chi connectivity index (χ1n) is 4.94. The van der Waals surface area contributed by atoms with Crippen molar-refractivity contribution in [3.8, 4) is 0 Å². The third-order valence-electron chi connectivity index (χ3n) is 2.61. The SMILES string of the molecule is CC1(O)CCN(CCSC(F)(F)F)CC1. The Morgan fingerprint density at radius 2 is 1.87 bits per heavy atom. The van der Waals surface area contributed by atoms with Crippen molar-refractivity contribution >= 4 is 11.8 Å². The molecule has 1 heterocycles. The Morgan fingerprint density at radius 3 is 2.33 bits per heavy atom. The largest absolute Gasteiger partial charge is 0.441 e. The van der Waals surface area contributed by atoms with Crippen LogP contribution in [0.3, 0.4) is 0 Å². The fraction of sp³-hybridized carbons (Fsp3) is 1.00. The van der Waals surface area contributed by atoms with E-state index in [0.29, 0.717) is 32.5 Å². The van der Waals surface area contributed by atoms with Gasteiger partial charge in [-0.1, -0.05) is 0 Å². The van der Waals surface area contributed by atoms with E-state index in [1.165, 1.54) is 0 Å². The van der Waals surface area contributed by atoms with Crippen LogP contribution in [0.15, 0.2) is 0 Å². The second-order valence-corrected chi connectivity index (χ2v) is 5.29. The first-order valence-corrected chi connectivity index (χ1v) is 5.92. The maximum atomic E-state index is 11.8. The van der Waals surface area contributed by atoms with Crippen LogP contribution in [0.5, 0.6) is 0 Å². The number of nitrogens with zero attached hydrogens (tertiary/aromatic N) is 1. The number of aliphatic hydroxyl groups is 1. The van der Waals surface area contributed by atoms with E-state index in [2.05, 4.69) is 0 Å². The van der Waals surface area contributed by atoms with Crippen molar-refractivity contribution in [3.63, 3.8) is 0 Å². The topological polar surface area (TPSA) is 23.5 Å². The summed E-state index contributed by atoms with van der Waals surface area (Å²) in [6.45, 7) is 3.59. The van der Waals surface area contributed by atoms with E-state index in [4.69, 9.17) is 0 Å². The van der Waals surface area contributed by atoms with Crippen molar-refractivity contribution in [1.29, 1.82) is 0 Å². The Kier molecular flexibility index (Phi) is 4.31. The molecule has 1 rings (SSSR count). The van der Waals surface area contributed by atoms with E-state index in [1.54, 1.807) is 6.92 Å². The zero-order chi connectivity index (χ0) is 11.5. The van der Waals surface area contributed by atoms with Crippen LogP contribution < -0.4 is 0 Å². The molecular weight excluding hydrogens is 227 g/mol. The average molecular weight is 243 g/mol. The number of piperidine rings is 1. The third kappa shape index (κ3) is 5.63. The fourth-order valence-electron chi connectivity index (χ4n) is 1.55. The minimum absolute atomic E-state index is 0.0229. The van der Waals surface area contributed by atoms with Gasteiger partial charge in [-0.05, 0) is 31.5 Å². The molecule has 0 aromatic carbocycles. The highest BCUT2D eigenvalue weighted by atomic mass is 32.2. The van der Waals surface area contributed by atoms with E-state index in [9.17, 15) is 18.3 Å². The average Bonchev–Trinajstić information content (AvgIpc) is 2.06. The standard InChI is InChI=1S/C9H16F3NOS/c1-8(14)2-4-13(5-3-8)6-7-15-9(10,11)12/h14H,2-7H2,1H3. The van der Waals surface area contributed by atoms with Crippen molar-refractivity contribution in [3.05, 3.63) is 0 Å². The van der Waals surface area contributed by atoms with Crippen LogP contribution in [-0.4, -0.2) is 46.5 Å². The van der Waals surface area contributed by atoms with E-state index >= 15 is 0 Å². The number of hydrogen-bond acceptors (Lipinski definition) is 3. The lowest BCUT2D eigenvalue weighted by atomic mass is 9.94. The molecule has 0 unspecified atom stereocenters. The predicted octanol–water partition coefficient (Wildman–Crippen LogP) is 2.09. The Morgan fingerprint density at radius 1 is 1.33 bits per heavy atom. The number of likely N-dealkylation sites (tertiary alicyclic amines) is 1. The van der Waals surface area contributed by atoms with Crippen LogP contribution in [0, 0.1) is 0 Å². The van der Waals surface area contributed by atoms with Crippen molar-refractivity contribution in [2.75, 3.05) is 25.4 Å². The second kappa shape index (κ2) is 4.93. The lowest BCUT2D eigenvalue weighted by Crippen LogP contribution is -2.43. The maximum Gasteiger partial charge on any atom is 0.441 e. The summed E-state index contributed by atoms with van der Waals surface area (Å²) < 4.78 is 35.5. The molecule has 0 spiro atoms. The maximum absolute atomic E-state index is 11.8. The van der Waals surface area contributed by atoms with Gasteiger partial charge in [0.25, 0.3) is 0 Å². The van der Waals surface area contributed by atoms with Crippen molar-refractivity contribution < 1.29 is 18.3 Å². The summed E-state index contributed by atoms with van der Waals surface area (Å²) in [6, 6.07) is 0. The van der Waals surface area contributed by atoms with Gasteiger partial charge in [-0.15, -0.1) is 0 Å². The second-order valence-electron chi connectivity index (χ2n) is 4.13. The van der Waals surface area contributed by atoms with Crippen LogP contribution >= 0.6 is 11.8 Å². The van der Waals surface area contributed by atoms with Crippen LogP contribution in [0.1, 0.15) is 19.8 Å². The molecule has 0 bridgehead atoms. The Hall–Kier alpha value is 0.0600. The quantitative estimate of drug-likeness (QED) is 0.821. The molecule has 90 valence electrons. The number of thioether (sulfide) groups is 1. The molecular formula is C9H16F3NOS. The summed E-state index contributed by atoms with van der Waals surface area (Å²) in [5.41, 5.74) is -4.76. The van der Waals surface area contributed by atoms with Gasteiger partial charge in [0.05, 0.1) is 5.60 Å². The highest BCUT2D eigenvalue weighted by molar-refractivity contribution is 8.00. The molecule has 0 atom stereocenters. The van der Waals surface area contributed by atoms with Gasteiger partial charge >= 0.3 is 5.51 Å². The van der Waals surface area contributed by atoms with Crippen LogP contribution in [0.2, 0.25) is 0 Å². The molecule has 1 fully saturated rings. The van der Waals surface area contributed by atoms with Gasteiger partial charge in [-0.3, -0.25) is 0 Å². The lowest BCUT2D eigenvalue weighted by Gasteiger charge is -2.35. The van der Waals surface area contributed by atoms with Crippen LogP contribution in [-0.2, 0) is 0 Å². The minimum Gasteiger partial charge on any atom is -0.390 e. The molecule has 6 heteroatoms.